The van der Waals surface area contributed by atoms with Crippen LogP contribution in [-0.2, 0) is 9.59 Å². The fraction of sp³-hybridized carbons (Fsp3) is 0.429. The Hall–Kier alpha value is -1.16. The van der Waals surface area contributed by atoms with Gasteiger partial charge in [0, 0.05) is 4.47 Å². The first kappa shape index (κ1) is 11.9. The molecule has 1 aromatic carbocycles. The molecule has 2 fully saturated rings. The molecule has 94 valence electrons. The fourth-order valence-electron chi connectivity index (χ4n) is 3.15. The summed E-state index contributed by atoms with van der Waals surface area (Å²) in [7, 11) is 0. The van der Waals surface area contributed by atoms with Gasteiger partial charge in [-0.3, -0.25) is 9.59 Å². The maximum absolute atomic E-state index is 12.4. The third-order valence-corrected chi connectivity index (χ3v) is 4.64. The smallest absolute Gasteiger partial charge is 0.237 e. The number of hydrogen-bond donors (Lipinski definition) is 0. The lowest BCUT2D eigenvalue weighted by Crippen LogP contribution is -2.32. The summed E-state index contributed by atoms with van der Waals surface area (Å²) in [6.07, 6.45) is 1.69. The molecule has 2 amide bonds. The number of halogens is 1. The molecule has 1 aliphatic heterocycles. The molecule has 2 atom stereocenters. The minimum absolute atomic E-state index is 0.0266. The first-order valence-electron chi connectivity index (χ1n) is 6.22. The lowest BCUT2D eigenvalue weighted by Gasteiger charge is -2.18. The van der Waals surface area contributed by atoms with Crippen molar-refractivity contribution in [2.24, 2.45) is 17.8 Å². The Labute approximate surface area is 114 Å². The number of amides is 2. The molecule has 4 heteroatoms. The minimum atomic E-state index is -0.0976. The molecule has 0 N–H and O–H groups in total. The van der Waals surface area contributed by atoms with E-state index < -0.39 is 0 Å². The topological polar surface area (TPSA) is 37.4 Å². The van der Waals surface area contributed by atoms with Crippen molar-refractivity contribution in [3.63, 3.8) is 0 Å². The quantitative estimate of drug-likeness (QED) is 0.748. The van der Waals surface area contributed by atoms with E-state index in [0.717, 1.165) is 17.3 Å². The average Bonchev–Trinajstić information content (AvgIpc) is 2.82. The van der Waals surface area contributed by atoms with Crippen molar-refractivity contribution < 1.29 is 9.59 Å². The van der Waals surface area contributed by atoms with Crippen LogP contribution in [-0.4, -0.2) is 11.8 Å². The lowest BCUT2D eigenvalue weighted by molar-refractivity contribution is -0.123. The average molecular weight is 308 g/mol. The number of carbonyl (C=O) groups excluding carboxylic acids is 2. The maximum atomic E-state index is 12.4. The van der Waals surface area contributed by atoms with E-state index in [9.17, 15) is 9.59 Å². The van der Waals surface area contributed by atoms with Gasteiger partial charge >= 0.3 is 0 Å². The van der Waals surface area contributed by atoms with Gasteiger partial charge in [-0.25, -0.2) is 4.90 Å². The molecule has 1 saturated heterocycles. The van der Waals surface area contributed by atoms with Gasteiger partial charge in [-0.2, -0.15) is 0 Å². The first-order chi connectivity index (χ1) is 8.59. The number of benzene rings is 1. The van der Waals surface area contributed by atoms with Crippen LogP contribution >= 0.6 is 15.9 Å². The van der Waals surface area contributed by atoms with Crippen molar-refractivity contribution in [3.8, 4) is 0 Å². The number of para-hydroxylation sites is 1. The van der Waals surface area contributed by atoms with Gasteiger partial charge in [0.05, 0.1) is 17.5 Å². The highest BCUT2D eigenvalue weighted by atomic mass is 79.9. The number of hydrogen-bond acceptors (Lipinski definition) is 2. The van der Waals surface area contributed by atoms with Crippen molar-refractivity contribution in [3.05, 3.63) is 28.7 Å². The highest BCUT2D eigenvalue weighted by Gasteiger charge is 2.52. The molecule has 3 nitrogen and oxygen atoms in total. The third kappa shape index (κ3) is 1.62. The molecule has 0 bridgehead atoms. The van der Waals surface area contributed by atoms with E-state index in [-0.39, 0.29) is 23.7 Å². The summed E-state index contributed by atoms with van der Waals surface area (Å²) in [4.78, 5) is 26.1. The highest BCUT2D eigenvalue weighted by molar-refractivity contribution is 9.10. The van der Waals surface area contributed by atoms with E-state index in [2.05, 4.69) is 22.9 Å². The maximum Gasteiger partial charge on any atom is 0.237 e. The van der Waals surface area contributed by atoms with E-state index in [1.165, 1.54) is 4.90 Å². The Kier molecular flexibility index (Phi) is 2.77. The fourth-order valence-corrected chi connectivity index (χ4v) is 3.61. The summed E-state index contributed by atoms with van der Waals surface area (Å²) >= 11 is 3.41. The standard InChI is InChI=1S/C14H14BrNO2/c1-8-6-9-10(7-8)14(18)16(13(9)17)12-5-3-2-4-11(12)15/h2-5,8-10H,6-7H2,1H3. The summed E-state index contributed by atoms with van der Waals surface area (Å²) in [5.74, 6) is 0.232. The number of imide groups is 1. The SMILES string of the molecule is CC1CC2C(=O)N(c3ccccc3Br)C(=O)C2C1. The molecule has 2 aliphatic rings. The van der Waals surface area contributed by atoms with Crippen LogP contribution in [0.5, 0.6) is 0 Å². The summed E-state index contributed by atoms with van der Waals surface area (Å²) in [6, 6.07) is 7.38. The van der Waals surface area contributed by atoms with E-state index >= 15 is 0 Å². The molecule has 3 rings (SSSR count). The number of fused-ring (bicyclic) bond motifs is 1. The van der Waals surface area contributed by atoms with Gasteiger partial charge in [0.25, 0.3) is 0 Å². The van der Waals surface area contributed by atoms with Crippen LogP contribution in [0.2, 0.25) is 0 Å². The van der Waals surface area contributed by atoms with Crippen LogP contribution in [0.3, 0.4) is 0 Å². The van der Waals surface area contributed by atoms with Crippen molar-refractivity contribution in [2.45, 2.75) is 19.8 Å². The molecule has 2 unspecified atom stereocenters. The number of anilines is 1. The lowest BCUT2D eigenvalue weighted by atomic mass is 10.00. The Balaban J connectivity index is 1.99. The van der Waals surface area contributed by atoms with E-state index in [1.807, 2.05) is 24.3 Å². The second kappa shape index (κ2) is 4.19. The zero-order valence-electron chi connectivity index (χ0n) is 10.1. The largest absolute Gasteiger partial charge is 0.274 e. The van der Waals surface area contributed by atoms with Gasteiger partial charge in [-0.15, -0.1) is 0 Å². The number of rotatable bonds is 1. The van der Waals surface area contributed by atoms with Gasteiger partial charge in [-0.1, -0.05) is 19.1 Å². The van der Waals surface area contributed by atoms with Crippen molar-refractivity contribution in [1.82, 2.24) is 0 Å². The zero-order valence-corrected chi connectivity index (χ0v) is 11.7. The number of nitrogens with zero attached hydrogens (tertiary/aromatic N) is 1. The van der Waals surface area contributed by atoms with Crippen LogP contribution in [0.25, 0.3) is 0 Å². The summed E-state index contributed by atoms with van der Waals surface area (Å²) in [6.45, 7) is 2.11. The molecule has 0 radical (unpaired) electrons. The van der Waals surface area contributed by atoms with Crippen LogP contribution in [0.1, 0.15) is 19.8 Å². The predicted octanol–water partition coefficient (Wildman–Crippen LogP) is 2.98. The van der Waals surface area contributed by atoms with Gasteiger partial charge in [0.1, 0.15) is 0 Å². The summed E-state index contributed by atoms with van der Waals surface area (Å²) < 4.78 is 0.791. The van der Waals surface area contributed by atoms with Gasteiger partial charge < -0.3 is 0 Å². The van der Waals surface area contributed by atoms with Gasteiger partial charge in [0.15, 0.2) is 0 Å². The molecular formula is C14H14BrNO2. The number of carbonyl (C=O) groups is 2. The second-order valence-corrected chi connectivity index (χ2v) is 6.11. The molecular weight excluding hydrogens is 294 g/mol. The van der Waals surface area contributed by atoms with E-state index in [0.29, 0.717) is 11.6 Å². The zero-order chi connectivity index (χ0) is 12.9. The Morgan fingerprint density at radius 2 is 1.67 bits per heavy atom. The Morgan fingerprint density at radius 1 is 1.11 bits per heavy atom. The van der Waals surface area contributed by atoms with Crippen molar-refractivity contribution >= 4 is 33.4 Å². The predicted molar refractivity (Wildman–Crippen MR) is 72.0 cm³/mol. The second-order valence-electron chi connectivity index (χ2n) is 5.25. The third-order valence-electron chi connectivity index (χ3n) is 3.97. The minimum Gasteiger partial charge on any atom is -0.274 e. The molecule has 1 aliphatic carbocycles. The molecule has 1 heterocycles. The molecule has 1 saturated carbocycles. The molecule has 0 aromatic heterocycles. The molecule has 0 spiro atoms. The summed E-state index contributed by atoms with van der Waals surface area (Å²) in [5, 5.41) is 0. The van der Waals surface area contributed by atoms with E-state index in [1.54, 1.807) is 0 Å². The monoisotopic (exact) mass is 307 g/mol. The van der Waals surface area contributed by atoms with Crippen LogP contribution in [0.4, 0.5) is 5.69 Å². The van der Waals surface area contributed by atoms with E-state index in [4.69, 9.17) is 0 Å². The van der Waals surface area contributed by atoms with Crippen LogP contribution in [0, 0.1) is 17.8 Å². The van der Waals surface area contributed by atoms with Crippen LogP contribution < -0.4 is 4.90 Å². The summed E-state index contributed by atoms with van der Waals surface area (Å²) in [5.41, 5.74) is 0.676. The van der Waals surface area contributed by atoms with Gasteiger partial charge in [-0.05, 0) is 46.8 Å². The first-order valence-corrected chi connectivity index (χ1v) is 7.01. The van der Waals surface area contributed by atoms with Crippen molar-refractivity contribution in [1.29, 1.82) is 0 Å². The van der Waals surface area contributed by atoms with Gasteiger partial charge in [0.2, 0.25) is 11.8 Å². The Morgan fingerprint density at radius 3 is 2.22 bits per heavy atom. The van der Waals surface area contributed by atoms with Crippen molar-refractivity contribution in [2.75, 3.05) is 4.90 Å². The Bertz CT molecular complexity index is 504. The normalized spacial score (nSPS) is 31.0. The highest BCUT2D eigenvalue weighted by Crippen LogP contribution is 2.45. The van der Waals surface area contributed by atoms with Crippen LogP contribution in [0.15, 0.2) is 28.7 Å². The molecule has 18 heavy (non-hydrogen) atoms. The molecule has 1 aromatic rings.